The lowest BCUT2D eigenvalue weighted by Gasteiger charge is -2.18. The quantitative estimate of drug-likeness (QED) is 0.772. The van der Waals surface area contributed by atoms with Crippen LogP contribution in [0.1, 0.15) is 33.2 Å². The van der Waals surface area contributed by atoms with E-state index in [1.165, 1.54) is 18.8 Å². The van der Waals surface area contributed by atoms with Crippen molar-refractivity contribution in [2.75, 3.05) is 7.05 Å². The van der Waals surface area contributed by atoms with Crippen LogP contribution in [0.2, 0.25) is 0 Å². The predicted molar refractivity (Wildman–Crippen MR) is 98.4 cm³/mol. The van der Waals surface area contributed by atoms with Gasteiger partial charge in [0.1, 0.15) is 0 Å². The molecule has 1 aromatic carbocycles. The van der Waals surface area contributed by atoms with Crippen molar-refractivity contribution in [3.63, 3.8) is 0 Å². The van der Waals surface area contributed by atoms with Crippen LogP contribution < -0.4 is 10.6 Å². The van der Waals surface area contributed by atoms with E-state index in [1.807, 2.05) is 34.9 Å². The highest BCUT2D eigenvalue weighted by Gasteiger charge is 2.23. The Kier molecular flexibility index (Phi) is 6.58. The van der Waals surface area contributed by atoms with E-state index >= 15 is 0 Å². The fourth-order valence-electron chi connectivity index (χ4n) is 2.21. The Hall–Kier alpha value is -2.35. The Morgan fingerprint density at radius 1 is 1.20 bits per heavy atom. The summed E-state index contributed by atoms with van der Waals surface area (Å²) < 4.78 is 2.05. The molecule has 0 spiro atoms. The number of hydrogen-bond acceptors (Lipinski definition) is 5. The number of benzene rings is 1. The highest BCUT2D eigenvalue weighted by Crippen LogP contribution is 2.30. The second-order valence-corrected chi connectivity index (χ2v) is 6.94. The SMILES string of the molecule is CC[C@H](C)n1c(S[C@@H](C)C(=O)NC(=O)NC)nnc1-c1ccccc1. The Bertz CT molecular complexity index is 732. The molecular weight excluding hydrogens is 338 g/mol. The Morgan fingerprint density at radius 2 is 1.88 bits per heavy atom. The third-order valence-electron chi connectivity index (χ3n) is 3.84. The van der Waals surface area contributed by atoms with Crippen LogP contribution in [-0.2, 0) is 4.79 Å². The number of carbonyl (C=O) groups excluding carboxylic acids is 2. The van der Waals surface area contributed by atoms with Crippen molar-refractivity contribution in [1.82, 2.24) is 25.4 Å². The molecule has 0 fully saturated rings. The van der Waals surface area contributed by atoms with Gasteiger partial charge in [0.15, 0.2) is 11.0 Å². The third-order valence-corrected chi connectivity index (χ3v) is 4.90. The van der Waals surface area contributed by atoms with Crippen LogP contribution >= 0.6 is 11.8 Å². The summed E-state index contributed by atoms with van der Waals surface area (Å²) in [6.07, 6.45) is 0.907. The van der Waals surface area contributed by atoms with E-state index in [0.29, 0.717) is 5.16 Å². The lowest BCUT2D eigenvalue weighted by atomic mass is 10.2. The maximum atomic E-state index is 12.1. The van der Waals surface area contributed by atoms with Crippen LogP contribution in [0.15, 0.2) is 35.5 Å². The van der Waals surface area contributed by atoms with Crippen LogP contribution in [-0.4, -0.2) is 39.0 Å². The number of urea groups is 1. The van der Waals surface area contributed by atoms with Gasteiger partial charge in [0.05, 0.1) is 5.25 Å². The minimum atomic E-state index is -0.522. The number of carbonyl (C=O) groups is 2. The molecule has 0 saturated heterocycles. The Morgan fingerprint density at radius 3 is 2.48 bits per heavy atom. The van der Waals surface area contributed by atoms with Crippen molar-refractivity contribution in [2.24, 2.45) is 0 Å². The van der Waals surface area contributed by atoms with Crippen molar-refractivity contribution in [2.45, 2.75) is 43.6 Å². The van der Waals surface area contributed by atoms with E-state index in [-0.39, 0.29) is 11.9 Å². The van der Waals surface area contributed by atoms with E-state index in [1.54, 1.807) is 6.92 Å². The molecule has 3 amide bonds. The van der Waals surface area contributed by atoms with Crippen LogP contribution in [0.4, 0.5) is 4.79 Å². The van der Waals surface area contributed by atoms with E-state index in [0.717, 1.165) is 17.8 Å². The zero-order chi connectivity index (χ0) is 18.4. The minimum absolute atomic E-state index is 0.182. The first kappa shape index (κ1) is 19.0. The standard InChI is InChI=1S/C17H23N5O2S/c1-5-11(2)22-14(13-9-7-6-8-10-13)20-21-17(22)25-12(3)15(23)19-16(24)18-4/h6-12H,5H2,1-4H3,(H2,18,19,23,24)/t11-,12-/m0/s1. The molecule has 0 radical (unpaired) electrons. The number of aromatic nitrogens is 3. The van der Waals surface area contributed by atoms with Crippen molar-refractivity contribution in [3.05, 3.63) is 30.3 Å². The van der Waals surface area contributed by atoms with Gasteiger partial charge in [-0.2, -0.15) is 0 Å². The molecule has 2 aromatic rings. The monoisotopic (exact) mass is 361 g/mol. The first-order valence-corrected chi connectivity index (χ1v) is 9.05. The summed E-state index contributed by atoms with van der Waals surface area (Å²) in [5, 5.41) is 13.4. The summed E-state index contributed by atoms with van der Waals surface area (Å²) in [5.74, 6) is 0.403. The van der Waals surface area contributed by atoms with Crippen molar-refractivity contribution < 1.29 is 9.59 Å². The van der Waals surface area contributed by atoms with Gasteiger partial charge in [0.2, 0.25) is 5.91 Å². The zero-order valence-corrected chi connectivity index (χ0v) is 15.6. The molecule has 0 bridgehead atoms. The summed E-state index contributed by atoms with van der Waals surface area (Å²) in [5.41, 5.74) is 0.976. The average Bonchev–Trinajstić information content (AvgIpc) is 3.05. The molecule has 134 valence electrons. The lowest BCUT2D eigenvalue weighted by Crippen LogP contribution is -2.41. The number of rotatable bonds is 6. The maximum absolute atomic E-state index is 12.1. The molecule has 0 saturated carbocycles. The minimum Gasteiger partial charge on any atom is -0.341 e. The largest absolute Gasteiger partial charge is 0.341 e. The number of nitrogens with zero attached hydrogens (tertiary/aromatic N) is 3. The first-order valence-electron chi connectivity index (χ1n) is 8.17. The number of imide groups is 1. The number of hydrogen-bond donors (Lipinski definition) is 2. The molecule has 1 aromatic heterocycles. The van der Waals surface area contributed by atoms with Gasteiger partial charge < -0.3 is 5.32 Å². The molecule has 25 heavy (non-hydrogen) atoms. The van der Waals surface area contributed by atoms with Crippen molar-refractivity contribution >= 4 is 23.7 Å². The highest BCUT2D eigenvalue weighted by molar-refractivity contribution is 8.00. The molecule has 0 unspecified atom stereocenters. The topological polar surface area (TPSA) is 88.9 Å². The predicted octanol–water partition coefficient (Wildman–Crippen LogP) is 2.85. The summed E-state index contributed by atoms with van der Waals surface area (Å²) in [4.78, 5) is 23.4. The highest BCUT2D eigenvalue weighted by atomic mass is 32.2. The number of amides is 3. The smallest absolute Gasteiger partial charge is 0.321 e. The molecule has 7 nitrogen and oxygen atoms in total. The maximum Gasteiger partial charge on any atom is 0.321 e. The van der Waals surface area contributed by atoms with Crippen LogP contribution in [0, 0.1) is 0 Å². The normalized spacial score (nSPS) is 13.1. The summed E-state index contributed by atoms with van der Waals surface area (Å²) in [6.45, 7) is 5.92. The molecular formula is C17H23N5O2S. The van der Waals surface area contributed by atoms with Crippen LogP contribution in [0.3, 0.4) is 0 Å². The first-order chi connectivity index (χ1) is 12.0. The molecule has 2 rings (SSSR count). The van der Waals surface area contributed by atoms with Gasteiger partial charge in [-0.05, 0) is 20.3 Å². The van der Waals surface area contributed by atoms with Gasteiger partial charge in [-0.25, -0.2) is 4.79 Å². The van der Waals surface area contributed by atoms with E-state index in [2.05, 4.69) is 34.7 Å². The second kappa shape index (κ2) is 8.66. The third kappa shape index (κ3) is 4.60. The van der Waals surface area contributed by atoms with Gasteiger partial charge in [-0.15, -0.1) is 10.2 Å². The van der Waals surface area contributed by atoms with E-state index < -0.39 is 11.3 Å². The molecule has 2 atom stereocenters. The molecule has 0 aliphatic carbocycles. The fourth-order valence-corrected chi connectivity index (χ4v) is 3.16. The average molecular weight is 361 g/mol. The molecule has 1 heterocycles. The fraction of sp³-hybridized carbons (Fsp3) is 0.412. The van der Waals surface area contributed by atoms with Crippen molar-refractivity contribution in [1.29, 1.82) is 0 Å². The van der Waals surface area contributed by atoms with Crippen LogP contribution in [0.5, 0.6) is 0 Å². The van der Waals surface area contributed by atoms with Gasteiger partial charge >= 0.3 is 6.03 Å². The zero-order valence-electron chi connectivity index (χ0n) is 14.8. The second-order valence-electron chi connectivity index (χ2n) is 5.63. The Balaban J connectivity index is 2.28. The van der Waals surface area contributed by atoms with Gasteiger partial charge in [-0.3, -0.25) is 14.7 Å². The summed E-state index contributed by atoms with van der Waals surface area (Å²) in [7, 11) is 1.46. The van der Waals surface area contributed by atoms with E-state index in [4.69, 9.17) is 0 Å². The number of thioether (sulfide) groups is 1. The van der Waals surface area contributed by atoms with Crippen LogP contribution in [0.25, 0.3) is 11.4 Å². The summed E-state index contributed by atoms with van der Waals surface area (Å²) >= 11 is 1.29. The molecule has 0 aliphatic rings. The van der Waals surface area contributed by atoms with Crippen molar-refractivity contribution in [3.8, 4) is 11.4 Å². The lowest BCUT2D eigenvalue weighted by molar-refractivity contribution is -0.119. The summed E-state index contributed by atoms with van der Waals surface area (Å²) in [6, 6.07) is 9.49. The van der Waals surface area contributed by atoms with Gasteiger partial charge in [0.25, 0.3) is 0 Å². The van der Waals surface area contributed by atoms with Gasteiger partial charge in [-0.1, -0.05) is 49.0 Å². The van der Waals surface area contributed by atoms with E-state index in [9.17, 15) is 9.59 Å². The van der Waals surface area contributed by atoms with Gasteiger partial charge in [0, 0.05) is 18.7 Å². The number of nitrogens with one attached hydrogen (secondary N) is 2. The molecule has 2 N–H and O–H groups in total. The molecule has 8 heteroatoms. The molecule has 0 aliphatic heterocycles. The Labute approximate surface area is 151 Å².